The number of hydrogen-bond acceptors (Lipinski definition) is 5. The van der Waals surface area contributed by atoms with Gasteiger partial charge in [0.2, 0.25) is 10.0 Å². The van der Waals surface area contributed by atoms with Crippen LogP contribution in [-0.4, -0.2) is 39.9 Å². The van der Waals surface area contributed by atoms with E-state index in [9.17, 15) is 8.42 Å². The molecule has 0 saturated carbocycles. The van der Waals surface area contributed by atoms with Crippen molar-refractivity contribution in [2.24, 2.45) is 0 Å². The van der Waals surface area contributed by atoms with Gasteiger partial charge < -0.3 is 9.84 Å². The van der Waals surface area contributed by atoms with E-state index in [1.165, 1.54) is 11.3 Å². The lowest BCUT2D eigenvalue weighted by Gasteiger charge is -2.05. The van der Waals surface area contributed by atoms with Gasteiger partial charge in [0.15, 0.2) is 0 Å². The minimum atomic E-state index is -3.42. The number of halogens is 1. The summed E-state index contributed by atoms with van der Waals surface area (Å²) in [6.07, 6.45) is 0.574. The summed E-state index contributed by atoms with van der Waals surface area (Å²) in [6, 6.07) is 1.64. The molecule has 1 heterocycles. The van der Waals surface area contributed by atoms with Gasteiger partial charge in [-0.25, -0.2) is 13.1 Å². The number of aliphatic hydroxyl groups is 1. The summed E-state index contributed by atoms with van der Waals surface area (Å²) in [4.78, 5) is 0. The van der Waals surface area contributed by atoms with Gasteiger partial charge in [0, 0.05) is 13.2 Å². The SMILES string of the molecule is Cc1cc(S(=O)(=O)NCCCOCCO)sc1Br. The quantitative estimate of drug-likeness (QED) is 0.691. The molecule has 5 nitrogen and oxygen atoms in total. The van der Waals surface area contributed by atoms with E-state index in [0.717, 1.165) is 9.35 Å². The normalized spacial score (nSPS) is 11.9. The fraction of sp³-hybridized carbons (Fsp3) is 0.600. The summed E-state index contributed by atoms with van der Waals surface area (Å²) in [5.41, 5.74) is 0.909. The van der Waals surface area contributed by atoms with Crippen LogP contribution in [0, 0.1) is 6.92 Å². The van der Waals surface area contributed by atoms with Gasteiger partial charge in [-0.15, -0.1) is 11.3 Å². The smallest absolute Gasteiger partial charge is 0.250 e. The third kappa shape index (κ3) is 4.94. The van der Waals surface area contributed by atoms with E-state index in [0.29, 0.717) is 23.8 Å². The molecule has 2 N–H and O–H groups in total. The molecule has 0 aromatic carbocycles. The molecule has 8 heteroatoms. The Morgan fingerprint density at radius 1 is 1.50 bits per heavy atom. The van der Waals surface area contributed by atoms with Crippen LogP contribution in [0.1, 0.15) is 12.0 Å². The highest BCUT2D eigenvalue weighted by molar-refractivity contribution is 9.11. The molecule has 1 rings (SSSR count). The molecule has 1 aromatic heterocycles. The van der Waals surface area contributed by atoms with Gasteiger partial charge in [0.05, 0.1) is 17.0 Å². The average Bonchev–Trinajstić information content (AvgIpc) is 2.65. The molecule has 0 unspecified atom stereocenters. The van der Waals surface area contributed by atoms with E-state index in [1.54, 1.807) is 6.07 Å². The number of aliphatic hydroxyl groups excluding tert-OH is 1. The molecule has 1 aromatic rings. The van der Waals surface area contributed by atoms with E-state index < -0.39 is 10.0 Å². The monoisotopic (exact) mass is 357 g/mol. The van der Waals surface area contributed by atoms with Gasteiger partial charge in [0.1, 0.15) is 4.21 Å². The van der Waals surface area contributed by atoms with Gasteiger partial charge in [-0.3, -0.25) is 0 Å². The first-order chi connectivity index (χ1) is 8.47. The fourth-order valence-electron chi connectivity index (χ4n) is 1.18. The maximum Gasteiger partial charge on any atom is 0.250 e. The molecular formula is C10H16BrNO4S2. The number of hydrogen-bond donors (Lipinski definition) is 2. The predicted molar refractivity (Wildman–Crippen MR) is 74.5 cm³/mol. The van der Waals surface area contributed by atoms with Crippen LogP contribution in [0.15, 0.2) is 14.1 Å². The van der Waals surface area contributed by atoms with Crippen LogP contribution in [0.2, 0.25) is 0 Å². The average molecular weight is 358 g/mol. The largest absolute Gasteiger partial charge is 0.394 e. The Morgan fingerprint density at radius 3 is 2.78 bits per heavy atom. The maximum absolute atomic E-state index is 11.9. The van der Waals surface area contributed by atoms with Gasteiger partial charge in [0.25, 0.3) is 0 Å². The lowest BCUT2D eigenvalue weighted by molar-refractivity contribution is 0.0913. The van der Waals surface area contributed by atoms with Crippen LogP contribution in [0.25, 0.3) is 0 Å². The van der Waals surface area contributed by atoms with Crippen molar-refractivity contribution in [3.05, 3.63) is 15.4 Å². The van der Waals surface area contributed by atoms with E-state index >= 15 is 0 Å². The molecule has 0 aliphatic heterocycles. The zero-order chi connectivity index (χ0) is 13.6. The third-order valence-corrected chi connectivity index (χ3v) is 6.16. The zero-order valence-electron chi connectivity index (χ0n) is 9.98. The number of thiophene rings is 1. The van der Waals surface area contributed by atoms with Crippen molar-refractivity contribution in [3.63, 3.8) is 0 Å². The summed E-state index contributed by atoms with van der Waals surface area (Å²) in [5, 5.41) is 8.49. The van der Waals surface area contributed by atoms with Crippen LogP contribution < -0.4 is 4.72 Å². The topological polar surface area (TPSA) is 75.6 Å². The molecule has 0 radical (unpaired) electrons. The number of ether oxygens (including phenoxy) is 1. The van der Waals surface area contributed by atoms with Crippen LogP contribution >= 0.6 is 27.3 Å². The Bertz CT molecular complexity index is 453. The molecule has 18 heavy (non-hydrogen) atoms. The molecule has 0 fully saturated rings. The molecule has 0 aliphatic carbocycles. The predicted octanol–water partition coefficient (Wildman–Crippen LogP) is 1.50. The second-order valence-electron chi connectivity index (χ2n) is 3.61. The van der Waals surface area contributed by atoms with Crippen molar-refractivity contribution >= 4 is 37.3 Å². The first-order valence-electron chi connectivity index (χ1n) is 5.41. The van der Waals surface area contributed by atoms with E-state index in [2.05, 4.69) is 20.7 Å². The van der Waals surface area contributed by atoms with Crippen LogP contribution in [0.5, 0.6) is 0 Å². The highest BCUT2D eigenvalue weighted by atomic mass is 79.9. The Hall–Kier alpha value is 0.01000. The number of sulfonamides is 1. The molecule has 0 amide bonds. The van der Waals surface area contributed by atoms with Crippen molar-refractivity contribution < 1.29 is 18.3 Å². The van der Waals surface area contributed by atoms with Gasteiger partial charge in [-0.05, 0) is 40.9 Å². The van der Waals surface area contributed by atoms with Crippen molar-refractivity contribution in [2.75, 3.05) is 26.4 Å². The Morgan fingerprint density at radius 2 is 2.22 bits per heavy atom. The number of aryl methyl sites for hydroxylation is 1. The molecular weight excluding hydrogens is 342 g/mol. The summed E-state index contributed by atoms with van der Waals surface area (Å²) >= 11 is 4.50. The van der Waals surface area contributed by atoms with Crippen molar-refractivity contribution in [1.29, 1.82) is 0 Å². The highest BCUT2D eigenvalue weighted by Gasteiger charge is 2.17. The first kappa shape index (κ1) is 16.1. The molecule has 0 atom stereocenters. The second kappa shape index (κ2) is 7.56. The lowest BCUT2D eigenvalue weighted by atomic mass is 10.4. The number of rotatable bonds is 8. The fourth-order valence-corrected chi connectivity index (χ4v) is 4.53. The number of nitrogens with one attached hydrogen (secondary N) is 1. The molecule has 0 saturated heterocycles. The van der Waals surface area contributed by atoms with Crippen LogP contribution in [-0.2, 0) is 14.8 Å². The lowest BCUT2D eigenvalue weighted by Crippen LogP contribution is -2.25. The Labute approximate surface area is 119 Å². The Kier molecular flexibility index (Phi) is 6.75. The summed E-state index contributed by atoms with van der Waals surface area (Å²) in [7, 11) is -3.42. The van der Waals surface area contributed by atoms with Gasteiger partial charge in [-0.1, -0.05) is 0 Å². The summed E-state index contributed by atoms with van der Waals surface area (Å²) in [6.45, 7) is 2.86. The van der Waals surface area contributed by atoms with Gasteiger partial charge >= 0.3 is 0 Å². The molecule has 0 bridgehead atoms. The molecule has 0 spiro atoms. The highest BCUT2D eigenvalue weighted by Crippen LogP contribution is 2.30. The summed E-state index contributed by atoms with van der Waals surface area (Å²) in [5.74, 6) is 0. The van der Waals surface area contributed by atoms with Crippen LogP contribution in [0.3, 0.4) is 0 Å². The van der Waals surface area contributed by atoms with E-state index in [4.69, 9.17) is 9.84 Å². The second-order valence-corrected chi connectivity index (χ2v) is 7.97. The minimum Gasteiger partial charge on any atom is -0.394 e. The van der Waals surface area contributed by atoms with E-state index in [-0.39, 0.29) is 13.2 Å². The standard InChI is InChI=1S/C10H16BrNO4S2/c1-8-7-9(17-10(8)11)18(14,15)12-3-2-5-16-6-4-13/h7,12-13H,2-6H2,1H3. The maximum atomic E-state index is 11.9. The first-order valence-corrected chi connectivity index (χ1v) is 8.51. The van der Waals surface area contributed by atoms with Crippen molar-refractivity contribution in [3.8, 4) is 0 Å². The van der Waals surface area contributed by atoms with Crippen molar-refractivity contribution in [1.82, 2.24) is 4.72 Å². The molecule has 0 aliphatic rings. The minimum absolute atomic E-state index is 0.0196. The van der Waals surface area contributed by atoms with Gasteiger partial charge in [-0.2, -0.15) is 0 Å². The van der Waals surface area contributed by atoms with Crippen LogP contribution in [0.4, 0.5) is 0 Å². The third-order valence-electron chi connectivity index (χ3n) is 2.09. The summed E-state index contributed by atoms with van der Waals surface area (Å²) < 4.78 is 32.5. The van der Waals surface area contributed by atoms with Crippen molar-refractivity contribution in [2.45, 2.75) is 17.6 Å². The zero-order valence-corrected chi connectivity index (χ0v) is 13.2. The molecule has 104 valence electrons. The van der Waals surface area contributed by atoms with E-state index in [1.807, 2.05) is 6.92 Å². The Balaban J connectivity index is 2.41.